The fourth-order valence-electron chi connectivity index (χ4n) is 1.86. The molecule has 2 rings (SSSR count). The predicted octanol–water partition coefficient (Wildman–Crippen LogP) is 3.49. The van der Waals surface area contributed by atoms with E-state index in [4.69, 9.17) is 9.47 Å². The van der Waals surface area contributed by atoms with Gasteiger partial charge in [-0.05, 0) is 32.0 Å². The fraction of sp³-hybridized carbons (Fsp3) is 0.312. The fourth-order valence-corrected chi connectivity index (χ4v) is 1.86. The number of hydrogen-bond donors (Lipinski definition) is 1. The maximum Gasteiger partial charge on any atom is 0.132 e. The Bertz CT molecular complexity index is 544. The zero-order valence-corrected chi connectivity index (χ0v) is 11.9. The van der Waals surface area contributed by atoms with Crippen LogP contribution in [0.4, 0.5) is 5.82 Å². The minimum atomic E-state index is 0.478. The highest BCUT2D eigenvalue weighted by atomic mass is 16.5. The average molecular weight is 272 g/mol. The molecule has 0 amide bonds. The van der Waals surface area contributed by atoms with Crippen LogP contribution in [-0.4, -0.2) is 18.1 Å². The predicted molar refractivity (Wildman–Crippen MR) is 80.3 cm³/mol. The Kier molecular flexibility index (Phi) is 5.24. The molecule has 0 atom stereocenters. The molecule has 4 heteroatoms. The summed E-state index contributed by atoms with van der Waals surface area (Å²) in [5, 5.41) is 3.23. The van der Waals surface area contributed by atoms with Crippen LogP contribution in [0.3, 0.4) is 0 Å². The standard InChI is InChI=1S/C16H20N2O2/c1-3-17-16-13(7-6-10-18-16)12-20-15-9-5-8-14(11-15)19-4-2/h5-11H,3-4,12H2,1-2H3,(H,17,18). The first kappa shape index (κ1) is 14.2. The lowest BCUT2D eigenvalue weighted by molar-refractivity contribution is 0.300. The van der Waals surface area contributed by atoms with Crippen LogP contribution in [0.2, 0.25) is 0 Å². The van der Waals surface area contributed by atoms with Crippen molar-refractivity contribution in [2.45, 2.75) is 20.5 Å². The molecule has 0 aliphatic rings. The molecule has 106 valence electrons. The van der Waals surface area contributed by atoms with Crippen molar-refractivity contribution in [3.8, 4) is 11.5 Å². The van der Waals surface area contributed by atoms with Crippen LogP contribution in [0, 0.1) is 0 Å². The van der Waals surface area contributed by atoms with Crippen LogP contribution < -0.4 is 14.8 Å². The number of pyridine rings is 1. The minimum Gasteiger partial charge on any atom is -0.494 e. The van der Waals surface area contributed by atoms with E-state index in [1.54, 1.807) is 6.20 Å². The van der Waals surface area contributed by atoms with Crippen LogP contribution >= 0.6 is 0 Å². The van der Waals surface area contributed by atoms with Gasteiger partial charge >= 0.3 is 0 Å². The lowest BCUT2D eigenvalue weighted by Crippen LogP contribution is -2.05. The second-order valence-electron chi connectivity index (χ2n) is 4.24. The molecule has 0 saturated carbocycles. The molecular weight excluding hydrogens is 252 g/mol. The summed E-state index contributed by atoms with van der Waals surface area (Å²) in [6.45, 7) is 5.98. The summed E-state index contributed by atoms with van der Waals surface area (Å²) in [6.07, 6.45) is 1.78. The number of hydrogen-bond acceptors (Lipinski definition) is 4. The third-order valence-electron chi connectivity index (χ3n) is 2.75. The van der Waals surface area contributed by atoms with Gasteiger partial charge in [-0.1, -0.05) is 12.1 Å². The van der Waals surface area contributed by atoms with E-state index in [9.17, 15) is 0 Å². The minimum absolute atomic E-state index is 0.478. The Hall–Kier alpha value is -2.23. The third kappa shape index (κ3) is 3.88. The highest BCUT2D eigenvalue weighted by Gasteiger charge is 2.04. The number of aromatic nitrogens is 1. The van der Waals surface area contributed by atoms with Crippen LogP contribution in [0.15, 0.2) is 42.6 Å². The quantitative estimate of drug-likeness (QED) is 0.838. The van der Waals surface area contributed by atoms with Crippen molar-refractivity contribution in [2.75, 3.05) is 18.5 Å². The largest absolute Gasteiger partial charge is 0.494 e. The number of ether oxygens (including phenoxy) is 2. The van der Waals surface area contributed by atoms with Crippen molar-refractivity contribution in [3.63, 3.8) is 0 Å². The van der Waals surface area contributed by atoms with Gasteiger partial charge in [-0.15, -0.1) is 0 Å². The van der Waals surface area contributed by atoms with E-state index in [1.165, 1.54) is 0 Å². The van der Waals surface area contributed by atoms with Gasteiger partial charge in [-0.25, -0.2) is 4.98 Å². The summed E-state index contributed by atoms with van der Waals surface area (Å²) >= 11 is 0. The first-order valence-electron chi connectivity index (χ1n) is 6.87. The molecule has 0 spiro atoms. The van der Waals surface area contributed by atoms with Crippen LogP contribution in [0.5, 0.6) is 11.5 Å². The summed E-state index contributed by atoms with van der Waals surface area (Å²) < 4.78 is 11.3. The Morgan fingerprint density at radius 3 is 2.60 bits per heavy atom. The van der Waals surface area contributed by atoms with Crippen molar-refractivity contribution in [3.05, 3.63) is 48.2 Å². The average Bonchev–Trinajstić information content (AvgIpc) is 2.47. The molecule has 1 aromatic heterocycles. The van der Waals surface area contributed by atoms with Crippen molar-refractivity contribution >= 4 is 5.82 Å². The number of benzene rings is 1. The molecule has 0 unspecified atom stereocenters. The van der Waals surface area contributed by atoms with Gasteiger partial charge in [0.2, 0.25) is 0 Å². The van der Waals surface area contributed by atoms with Crippen molar-refractivity contribution in [1.29, 1.82) is 0 Å². The summed E-state index contributed by atoms with van der Waals surface area (Å²) in [7, 11) is 0. The zero-order valence-electron chi connectivity index (χ0n) is 11.9. The lowest BCUT2D eigenvalue weighted by Gasteiger charge is -2.11. The Morgan fingerprint density at radius 2 is 1.85 bits per heavy atom. The lowest BCUT2D eigenvalue weighted by atomic mass is 10.2. The maximum atomic E-state index is 5.81. The first-order chi connectivity index (χ1) is 9.83. The first-order valence-corrected chi connectivity index (χ1v) is 6.87. The van der Waals surface area contributed by atoms with Crippen molar-refractivity contribution in [1.82, 2.24) is 4.98 Å². The zero-order chi connectivity index (χ0) is 14.2. The smallest absolute Gasteiger partial charge is 0.132 e. The van der Waals surface area contributed by atoms with Gasteiger partial charge in [0, 0.05) is 24.4 Å². The van der Waals surface area contributed by atoms with Crippen LogP contribution in [0.1, 0.15) is 19.4 Å². The second kappa shape index (κ2) is 7.38. The van der Waals surface area contributed by atoms with Crippen molar-refractivity contribution in [2.24, 2.45) is 0 Å². The van der Waals surface area contributed by atoms with Gasteiger partial charge in [0.05, 0.1) is 6.61 Å². The third-order valence-corrected chi connectivity index (χ3v) is 2.75. The number of anilines is 1. The summed E-state index contributed by atoms with van der Waals surface area (Å²) in [4.78, 5) is 4.31. The summed E-state index contributed by atoms with van der Waals surface area (Å²) in [6, 6.07) is 11.6. The number of nitrogens with zero attached hydrogens (tertiary/aromatic N) is 1. The molecular formula is C16H20N2O2. The van der Waals surface area contributed by atoms with Gasteiger partial charge in [0.25, 0.3) is 0 Å². The molecule has 0 aliphatic heterocycles. The normalized spacial score (nSPS) is 10.1. The number of rotatable bonds is 7. The summed E-state index contributed by atoms with van der Waals surface area (Å²) in [5.41, 5.74) is 1.04. The highest BCUT2D eigenvalue weighted by molar-refractivity contribution is 5.43. The van der Waals surface area contributed by atoms with Gasteiger partial charge in [-0.2, -0.15) is 0 Å². The molecule has 0 aliphatic carbocycles. The molecule has 0 saturated heterocycles. The van der Waals surface area contributed by atoms with Gasteiger partial charge < -0.3 is 14.8 Å². The highest BCUT2D eigenvalue weighted by Crippen LogP contribution is 2.21. The van der Waals surface area contributed by atoms with E-state index in [-0.39, 0.29) is 0 Å². The molecule has 2 aromatic rings. The van der Waals surface area contributed by atoms with E-state index in [0.717, 1.165) is 29.4 Å². The van der Waals surface area contributed by atoms with E-state index in [2.05, 4.69) is 10.3 Å². The molecule has 1 heterocycles. The van der Waals surface area contributed by atoms with E-state index >= 15 is 0 Å². The van der Waals surface area contributed by atoms with E-state index < -0.39 is 0 Å². The Morgan fingerprint density at radius 1 is 1.05 bits per heavy atom. The van der Waals surface area contributed by atoms with Crippen LogP contribution in [-0.2, 0) is 6.61 Å². The van der Waals surface area contributed by atoms with Gasteiger partial charge in [0.1, 0.15) is 23.9 Å². The summed E-state index contributed by atoms with van der Waals surface area (Å²) in [5.74, 6) is 2.49. The van der Waals surface area contributed by atoms with Gasteiger partial charge in [0.15, 0.2) is 0 Å². The van der Waals surface area contributed by atoms with Crippen LogP contribution in [0.25, 0.3) is 0 Å². The molecule has 20 heavy (non-hydrogen) atoms. The topological polar surface area (TPSA) is 43.4 Å². The van der Waals surface area contributed by atoms with E-state index in [0.29, 0.717) is 13.2 Å². The molecule has 4 nitrogen and oxygen atoms in total. The maximum absolute atomic E-state index is 5.81. The Balaban J connectivity index is 2.03. The molecule has 1 N–H and O–H groups in total. The molecule has 0 bridgehead atoms. The SMILES string of the molecule is CCNc1ncccc1COc1cccc(OCC)c1. The number of nitrogens with one attached hydrogen (secondary N) is 1. The molecule has 0 fully saturated rings. The molecule has 0 radical (unpaired) electrons. The monoisotopic (exact) mass is 272 g/mol. The Labute approximate surface area is 119 Å². The molecule has 1 aromatic carbocycles. The van der Waals surface area contributed by atoms with Crippen molar-refractivity contribution < 1.29 is 9.47 Å². The van der Waals surface area contributed by atoms with E-state index in [1.807, 2.05) is 50.2 Å². The second-order valence-corrected chi connectivity index (χ2v) is 4.24. The van der Waals surface area contributed by atoms with Gasteiger partial charge in [-0.3, -0.25) is 0 Å².